The molecule has 0 aliphatic carbocycles. The summed E-state index contributed by atoms with van der Waals surface area (Å²) in [7, 11) is 8.12. The Kier molecular flexibility index (Phi) is 8.80. The van der Waals surface area contributed by atoms with Crippen molar-refractivity contribution in [3.8, 4) is 17.2 Å². The highest BCUT2D eigenvalue weighted by Crippen LogP contribution is 2.37. The van der Waals surface area contributed by atoms with E-state index < -0.39 is 10.8 Å². The molecule has 1 amide bonds. The van der Waals surface area contributed by atoms with E-state index in [-0.39, 0.29) is 41.7 Å². The molecule has 0 saturated carbocycles. The molecule has 0 N–H and O–H groups in total. The summed E-state index contributed by atoms with van der Waals surface area (Å²) in [6, 6.07) is 7.96. The monoisotopic (exact) mass is 496 g/mol. The third-order valence-electron chi connectivity index (χ3n) is 4.76. The van der Waals surface area contributed by atoms with E-state index in [2.05, 4.69) is 4.98 Å². The number of nitrogens with zero attached hydrogens (tertiary/aromatic N) is 4. The molecule has 0 fully saturated rings. The highest BCUT2D eigenvalue weighted by atomic mass is 35.5. The molecule has 1 heterocycles. The Morgan fingerprint density at radius 1 is 1.06 bits per heavy atom. The summed E-state index contributed by atoms with van der Waals surface area (Å²) in [6.45, 7) is 0.820. The SMILES string of the molecule is COc1ccc2nc(N(CCN(C)C)C(=O)c3cc(OC)c(OC)cc3[N+](=O)[O-])sc2c1.Cl. The molecule has 3 rings (SSSR count). The molecule has 3 aromatic rings. The van der Waals surface area contributed by atoms with Gasteiger partial charge in [0.05, 0.1) is 42.5 Å². The molecular formula is C21H25ClN4O6S. The Labute approximate surface area is 201 Å². The standard InChI is InChI=1S/C21H24N4O6S.ClH/c1-23(2)8-9-24(21-22-15-7-6-13(29-3)10-19(15)32-21)20(26)14-11-17(30-4)18(31-5)12-16(14)25(27)28;/h6-7,10-12H,8-9H2,1-5H3;1H. The van der Waals surface area contributed by atoms with Crippen LogP contribution in [0.2, 0.25) is 0 Å². The smallest absolute Gasteiger partial charge is 0.286 e. The Balaban J connectivity index is 0.00000385. The van der Waals surface area contributed by atoms with Crippen LogP contribution in [-0.4, -0.2) is 69.2 Å². The number of hydrogen-bond acceptors (Lipinski definition) is 9. The number of carbonyl (C=O) groups is 1. The predicted octanol–water partition coefficient (Wildman–Crippen LogP) is 3.86. The van der Waals surface area contributed by atoms with Crippen LogP contribution in [0.4, 0.5) is 10.8 Å². The Morgan fingerprint density at radius 2 is 1.73 bits per heavy atom. The third kappa shape index (κ3) is 5.62. The molecule has 12 heteroatoms. The van der Waals surface area contributed by atoms with Gasteiger partial charge in [0, 0.05) is 19.2 Å². The van der Waals surface area contributed by atoms with Crippen LogP contribution in [0.15, 0.2) is 30.3 Å². The summed E-state index contributed by atoms with van der Waals surface area (Å²) in [5.41, 5.74) is 0.226. The van der Waals surface area contributed by atoms with Crippen LogP contribution in [-0.2, 0) is 0 Å². The summed E-state index contributed by atoms with van der Waals surface area (Å²) in [5.74, 6) is 0.519. The molecule has 178 valence electrons. The van der Waals surface area contributed by atoms with E-state index in [0.717, 1.165) is 4.70 Å². The first-order valence-electron chi connectivity index (χ1n) is 9.60. The van der Waals surface area contributed by atoms with Crippen molar-refractivity contribution < 1.29 is 23.9 Å². The number of aromatic nitrogens is 1. The lowest BCUT2D eigenvalue weighted by atomic mass is 10.1. The van der Waals surface area contributed by atoms with Gasteiger partial charge in [-0.05, 0) is 32.3 Å². The number of nitro groups is 1. The fraction of sp³-hybridized carbons (Fsp3) is 0.333. The molecule has 33 heavy (non-hydrogen) atoms. The number of methoxy groups -OCH3 is 3. The number of rotatable bonds is 9. The molecule has 0 spiro atoms. The molecule has 2 aromatic carbocycles. The van der Waals surface area contributed by atoms with Crippen molar-refractivity contribution in [1.82, 2.24) is 9.88 Å². The number of halogens is 1. The summed E-state index contributed by atoms with van der Waals surface area (Å²) in [6.07, 6.45) is 0. The Hall–Kier alpha value is -3.15. The van der Waals surface area contributed by atoms with E-state index in [1.807, 2.05) is 31.1 Å². The molecule has 0 radical (unpaired) electrons. The van der Waals surface area contributed by atoms with Gasteiger partial charge in [-0.25, -0.2) is 4.98 Å². The molecule has 0 aliphatic rings. The topological polar surface area (TPSA) is 107 Å². The quantitative estimate of drug-likeness (QED) is 0.324. The highest BCUT2D eigenvalue weighted by Gasteiger charge is 2.30. The van der Waals surface area contributed by atoms with Gasteiger partial charge in [0.2, 0.25) is 0 Å². The summed E-state index contributed by atoms with van der Waals surface area (Å²) >= 11 is 1.31. The zero-order chi connectivity index (χ0) is 23.4. The summed E-state index contributed by atoms with van der Waals surface area (Å²) in [4.78, 5) is 32.7. The Morgan fingerprint density at radius 3 is 2.30 bits per heavy atom. The number of benzene rings is 2. The first-order chi connectivity index (χ1) is 15.3. The molecule has 0 atom stereocenters. The van der Waals surface area contributed by atoms with Gasteiger partial charge in [-0.15, -0.1) is 12.4 Å². The van der Waals surface area contributed by atoms with Gasteiger partial charge in [0.25, 0.3) is 11.6 Å². The van der Waals surface area contributed by atoms with Crippen LogP contribution in [0.1, 0.15) is 10.4 Å². The summed E-state index contributed by atoms with van der Waals surface area (Å²) in [5, 5.41) is 12.2. The van der Waals surface area contributed by atoms with Gasteiger partial charge in [0.1, 0.15) is 11.3 Å². The van der Waals surface area contributed by atoms with Crippen LogP contribution in [0.25, 0.3) is 10.2 Å². The zero-order valence-electron chi connectivity index (χ0n) is 18.9. The second-order valence-electron chi connectivity index (χ2n) is 7.07. The minimum Gasteiger partial charge on any atom is -0.497 e. The maximum absolute atomic E-state index is 13.6. The average molecular weight is 497 g/mol. The van der Waals surface area contributed by atoms with Crippen molar-refractivity contribution in [3.05, 3.63) is 46.0 Å². The van der Waals surface area contributed by atoms with Crippen molar-refractivity contribution in [2.75, 3.05) is 53.4 Å². The number of anilines is 1. The maximum atomic E-state index is 13.6. The highest BCUT2D eigenvalue weighted by molar-refractivity contribution is 7.22. The van der Waals surface area contributed by atoms with Crippen molar-refractivity contribution in [1.29, 1.82) is 0 Å². The molecule has 0 aliphatic heterocycles. The molecule has 0 unspecified atom stereocenters. The average Bonchev–Trinajstić information content (AvgIpc) is 3.20. The zero-order valence-corrected chi connectivity index (χ0v) is 20.5. The lowest BCUT2D eigenvalue weighted by Crippen LogP contribution is -2.37. The second kappa shape index (κ2) is 11.1. The first kappa shape index (κ1) is 26.1. The van der Waals surface area contributed by atoms with E-state index in [9.17, 15) is 14.9 Å². The number of fused-ring (bicyclic) bond motifs is 1. The minimum atomic E-state index is -0.609. The number of carbonyl (C=O) groups excluding carboxylic acids is 1. The molecule has 1 aromatic heterocycles. The van der Waals surface area contributed by atoms with Crippen LogP contribution < -0.4 is 19.1 Å². The van der Waals surface area contributed by atoms with Gasteiger partial charge in [-0.3, -0.25) is 19.8 Å². The van der Waals surface area contributed by atoms with Gasteiger partial charge in [0.15, 0.2) is 16.6 Å². The lowest BCUT2D eigenvalue weighted by Gasteiger charge is -2.22. The van der Waals surface area contributed by atoms with Gasteiger partial charge < -0.3 is 19.1 Å². The van der Waals surface area contributed by atoms with Crippen LogP contribution in [0.5, 0.6) is 17.2 Å². The summed E-state index contributed by atoms with van der Waals surface area (Å²) < 4.78 is 16.5. The van der Waals surface area contributed by atoms with Gasteiger partial charge in [-0.1, -0.05) is 11.3 Å². The largest absolute Gasteiger partial charge is 0.497 e. The van der Waals surface area contributed by atoms with Crippen molar-refractivity contribution in [3.63, 3.8) is 0 Å². The van der Waals surface area contributed by atoms with Crippen molar-refractivity contribution >= 4 is 50.7 Å². The van der Waals surface area contributed by atoms with Crippen LogP contribution in [0.3, 0.4) is 0 Å². The van der Waals surface area contributed by atoms with Crippen molar-refractivity contribution in [2.24, 2.45) is 0 Å². The number of likely N-dealkylation sites (N-methyl/N-ethyl adjacent to an activating group) is 1. The minimum absolute atomic E-state index is 0. The second-order valence-corrected chi connectivity index (χ2v) is 8.08. The van der Waals surface area contributed by atoms with E-state index in [1.54, 1.807) is 13.2 Å². The third-order valence-corrected chi connectivity index (χ3v) is 5.80. The van der Waals surface area contributed by atoms with E-state index in [1.165, 1.54) is 42.6 Å². The number of hydrogen-bond donors (Lipinski definition) is 0. The number of ether oxygens (including phenoxy) is 3. The number of nitro benzene ring substituents is 1. The molecule has 0 bridgehead atoms. The van der Waals surface area contributed by atoms with Gasteiger partial charge in [-0.2, -0.15) is 0 Å². The molecule has 10 nitrogen and oxygen atoms in total. The fourth-order valence-corrected chi connectivity index (χ4v) is 4.07. The predicted molar refractivity (Wildman–Crippen MR) is 130 cm³/mol. The van der Waals surface area contributed by atoms with E-state index in [0.29, 0.717) is 22.9 Å². The van der Waals surface area contributed by atoms with Crippen LogP contribution >= 0.6 is 23.7 Å². The lowest BCUT2D eigenvalue weighted by molar-refractivity contribution is -0.385. The Bertz CT molecular complexity index is 1150. The molecular weight excluding hydrogens is 472 g/mol. The maximum Gasteiger partial charge on any atom is 0.286 e. The van der Waals surface area contributed by atoms with Gasteiger partial charge >= 0.3 is 0 Å². The fourth-order valence-electron chi connectivity index (χ4n) is 3.06. The van der Waals surface area contributed by atoms with Crippen LogP contribution in [0, 0.1) is 10.1 Å². The normalized spacial score (nSPS) is 10.6. The van der Waals surface area contributed by atoms with E-state index in [4.69, 9.17) is 14.2 Å². The van der Waals surface area contributed by atoms with Crippen molar-refractivity contribution in [2.45, 2.75) is 0 Å². The number of thiazole rings is 1. The first-order valence-corrected chi connectivity index (χ1v) is 10.4. The number of amides is 1. The molecule has 0 saturated heterocycles. The van der Waals surface area contributed by atoms with E-state index >= 15 is 0 Å².